The summed E-state index contributed by atoms with van der Waals surface area (Å²) in [6.07, 6.45) is 68.4. The molecule has 438 valence electrons. The van der Waals surface area contributed by atoms with E-state index in [1.165, 1.54) is 250 Å². The van der Waals surface area contributed by atoms with Gasteiger partial charge >= 0.3 is 19.8 Å². The lowest BCUT2D eigenvalue weighted by molar-refractivity contribution is -0.870. The van der Waals surface area contributed by atoms with E-state index >= 15 is 0 Å². The first-order chi connectivity index (χ1) is 36.0. The number of hydrogen-bond acceptors (Lipinski definition) is 7. The standard InChI is InChI=1S/C64H124NO8P/c1-6-8-10-12-14-16-18-20-22-24-26-27-28-29-30-31-32-33-34-35-36-37-39-41-43-45-47-49-51-53-55-57-64(67)73-62(61-72-74(68,69)71-59-58-65(3,4)5)60-70-63(66)56-54-52-50-48-46-44-42-40-38-25-23-21-19-17-15-13-11-9-7-2/h18,20,24,26,62H,6-17,19,21-23,25,27-61H2,1-5H3/p+1/b20-18-,26-24-. The number of unbranched alkanes of at least 4 members (excludes halogenated alkanes) is 42. The fraction of sp³-hybridized carbons (Fsp3) is 0.906. The number of nitrogens with zero attached hydrogens (tertiary/aromatic N) is 1. The molecule has 0 spiro atoms. The van der Waals surface area contributed by atoms with E-state index in [1.54, 1.807) is 0 Å². The zero-order valence-corrected chi connectivity index (χ0v) is 50.8. The third-order valence-corrected chi connectivity index (χ3v) is 15.5. The predicted molar refractivity (Wildman–Crippen MR) is 317 cm³/mol. The summed E-state index contributed by atoms with van der Waals surface area (Å²) in [5.74, 6) is -0.776. The molecular formula is C64H125NO8P+. The van der Waals surface area contributed by atoms with Crippen molar-refractivity contribution in [3.8, 4) is 0 Å². The molecular weight excluding hydrogens is 942 g/mol. The van der Waals surface area contributed by atoms with Gasteiger partial charge in [0.05, 0.1) is 27.7 Å². The van der Waals surface area contributed by atoms with E-state index in [0.29, 0.717) is 23.9 Å². The number of hydrogen-bond donors (Lipinski definition) is 1. The smallest absolute Gasteiger partial charge is 0.462 e. The molecule has 0 amide bonds. The minimum absolute atomic E-state index is 0.0356. The maximum absolute atomic E-state index is 12.8. The van der Waals surface area contributed by atoms with E-state index in [0.717, 1.165) is 38.5 Å². The van der Waals surface area contributed by atoms with Crippen LogP contribution in [0.1, 0.15) is 322 Å². The van der Waals surface area contributed by atoms with Gasteiger partial charge in [0, 0.05) is 12.8 Å². The van der Waals surface area contributed by atoms with Gasteiger partial charge in [-0.3, -0.25) is 18.6 Å². The summed E-state index contributed by atoms with van der Waals surface area (Å²) >= 11 is 0. The van der Waals surface area contributed by atoms with E-state index in [2.05, 4.69) is 38.2 Å². The van der Waals surface area contributed by atoms with Gasteiger partial charge in [-0.15, -0.1) is 0 Å². The summed E-state index contributed by atoms with van der Waals surface area (Å²) in [7, 11) is 1.50. The number of carbonyl (C=O) groups is 2. The molecule has 0 aliphatic carbocycles. The molecule has 0 aromatic carbocycles. The number of allylic oxidation sites excluding steroid dienone is 4. The molecule has 0 saturated heterocycles. The van der Waals surface area contributed by atoms with Gasteiger partial charge < -0.3 is 18.9 Å². The van der Waals surface area contributed by atoms with Gasteiger partial charge in [-0.25, -0.2) is 4.57 Å². The van der Waals surface area contributed by atoms with Crippen molar-refractivity contribution in [2.75, 3.05) is 47.5 Å². The van der Waals surface area contributed by atoms with Crippen LogP contribution in [0.3, 0.4) is 0 Å². The highest BCUT2D eigenvalue weighted by atomic mass is 31.2. The van der Waals surface area contributed by atoms with Crippen molar-refractivity contribution in [2.45, 2.75) is 328 Å². The maximum atomic E-state index is 12.8. The average molecular weight is 1070 g/mol. The number of esters is 2. The summed E-state index contributed by atoms with van der Waals surface area (Å²) in [4.78, 5) is 35.8. The van der Waals surface area contributed by atoms with E-state index in [-0.39, 0.29) is 25.6 Å². The normalized spacial score (nSPS) is 13.3. The monoisotopic (exact) mass is 1070 g/mol. The number of quaternary nitrogens is 1. The van der Waals surface area contributed by atoms with Gasteiger partial charge in [-0.1, -0.05) is 289 Å². The van der Waals surface area contributed by atoms with Crippen molar-refractivity contribution < 1.29 is 42.1 Å². The van der Waals surface area contributed by atoms with E-state index in [9.17, 15) is 19.0 Å². The van der Waals surface area contributed by atoms with Gasteiger partial charge in [0.15, 0.2) is 6.10 Å². The summed E-state index contributed by atoms with van der Waals surface area (Å²) in [6.45, 7) is 4.49. The van der Waals surface area contributed by atoms with Crippen LogP contribution in [-0.4, -0.2) is 74.9 Å². The molecule has 0 radical (unpaired) electrons. The van der Waals surface area contributed by atoms with Crippen molar-refractivity contribution in [3.05, 3.63) is 24.3 Å². The van der Waals surface area contributed by atoms with E-state index in [4.69, 9.17) is 18.5 Å². The number of ether oxygens (including phenoxy) is 2. The molecule has 1 N–H and O–H groups in total. The largest absolute Gasteiger partial charge is 0.472 e. The summed E-state index contributed by atoms with van der Waals surface area (Å²) in [5, 5.41) is 0. The third-order valence-electron chi connectivity index (χ3n) is 14.5. The first-order valence-electron chi connectivity index (χ1n) is 32.1. The van der Waals surface area contributed by atoms with Crippen LogP contribution in [0.25, 0.3) is 0 Å². The summed E-state index contributed by atoms with van der Waals surface area (Å²) in [6, 6.07) is 0. The van der Waals surface area contributed by atoms with Crippen LogP contribution in [-0.2, 0) is 32.7 Å². The molecule has 0 rings (SSSR count). The highest BCUT2D eigenvalue weighted by molar-refractivity contribution is 7.47. The first-order valence-corrected chi connectivity index (χ1v) is 33.6. The van der Waals surface area contributed by atoms with Crippen LogP contribution < -0.4 is 0 Å². The van der Waals surface area contributed by atoms with Gasteiger partial charge in [0.1, 0.15) is 19.8 Å². The first kappa shape index (κ1) is 72.5. The minimum Gasteiger partial charge on any atom is -0.462 e. The van der Waals surface area contributed by atoms with E-state index < -0.39 is 26.5 Å². The molecule has 0 aliphatic rings. The Morgan fingerprint density at radius 3 is 1.07 bits per heavy atom. The Kier molecular flexibility index (Phi) is 55.1. The molecule has 0 saturated carbocycles. The Bertz CT molecular complexity index is 1300. The molecule has 9 nitrogen and oxygen atoms in total. The van der Waals surface area contributed by atoms with Gasteiger partial charge in [0.2, 0.25) is 0 Å². The second-order valence-corrected chi connectivity index (χ2v) is 24.6. The lowest BCUT2D eigenvalue weighted by Crippen LogP contribution is -2.37. The van der Waals surface area contributed by atoms with Crippen LogP contribution in [0.4, 0.5) is 0 Å². The second kappa shape index (κ2) is 56.2. The number of rotatable bonds is 60. The fourth-order valence-corrected chi connectivity index (χ4v) is 10.3. The quantitative estimate of drug-likeness (QED) is 0.0211. The highest BCUT2D eigenvalue weighted by Crippen LogP contribution is 2.43. The Morgan fingerprint density at radius 2 is 0.730 bits per heavy atom. The zero-order chi connectivity index (χ0) is 54.2. The van der Waals surface area contributed by atoms with Crippen LogP contribution in [0.5, 0.6) is 0 Å². The zero-order valence-electron chi connectivity index (χ0n) is 49.9. The lowest BCUT2D eigenvalue weighted by atomic mass is 10.0. The molecule has 0 bridgehead atoms. The summed E-state index contributed by atoms with van der Waals surface area (Å²) < 4.78 is 34.7. The number of phosphoric acid groups is 1. The number of likely N-dealkylation sites (N-methyl/N-ethyl adjacent to an activating group) is 1. The molecule has 0 heterocycles. The number of carbonyl (C=O) groups excluding carboxylic acids is 2. The fourth-order valence-electron chi connectivity index (χ4n) is 9.52. The van der Waals surface area contributed by atoms with Crippen molar-refractivity contribution in [3.63, 3.8) is 0 Å². The van der Waals surface area contributed by atoms with Gasteiger partial charge in [-0.05, 0) is 44.9 Å². The van der Waals surface area contributed by atoms with Crippen LogP contribution in [0.2, 0.25) is 0 Å². The number of phosphoric ester groups is 1. The molecule has 74 heavy (non-hydrogen) atoms. The van der Waals surface area contributed by atoms with Crippen molar-refractivity contribution in [2.24, 2.45) is 0 Å². The third kappa shape index (κ3) is 59.7. The van der Waals surface area contributed by atoms with Crippen molar-refractivity contribution in [1.82, 2.24) is 0 Å². The lowest BCUT2D eigenvalue weighted by Gasteiger charge is -2.24. The average Bonchev–Trinajstić information content (AvgIpc) is 3.36. The molecule has 2 atom stereocenters. The second-order valence-electron chi connectivity index (χ2n) is 23.2. The van der Waals surface area contributed by atoms with Gasteiger partial charge in [-0.2, -0.15) is 0 Å². The van der Waals surface area contributed by atoms with Crippen LogP contribution in [0, 0.1) is 0 Å². The van der Waals surface area contributed by atoms with Crippen molar-refractivity contribution in [1.29, 1.82) is 0 Å². The SMILES string of the molecule is CCCCCCC/C=C\C/C=C\CCCCCCCCCCCCCCCCCCCCCC(=O)OC(COC(=O)CCCCCCCCCCCCCCCCCCCCC)COP(=O)(O)OCC[N+](C)(C)C. The molecule has 2 unspecified atom stereocenters. The van der Waals surface area contributed by atoms with Crippen LogP contribution in [0.15, 0.2) is 24.3 Å². The van der Waals surface area contributed by atoms with Crippen LogP contribution >= 0.6 is 7.82 Å². The Hall–Kier alpha value is -1.51. The Balaban J connectivity index is 4.02. The Labute approximate surface area is 459 Å². The van der Waals surface area contributed by atoms with E-state index in [1.807, 2.05) is 21.1 Å². The minimum atomic E-state index is -4.38. The topological polar surface area (TPSA) is 108 Å². The maximum Gasteiger partial charge on any atom is 0.472 e. The molecule has 0 aliphatic heterocycles. The predicted octanol–water partition coefficient (Wildman–Crippen LogP) is 20.2. The highest BCUT2D eigenvalue weighted by Gasteiger charge is 2.27. The molecule has 0 fully saturated rings. The van der Waals surface area contributed by atoms with Gasteiger partial charge in [0.25, 0.3) is 0 Å². The summed E-state index contributed by atoms with van der Waals surface area (Å²) in [5.41, 5.74) is 0. The van der Waals surface area contributed by atoms with Crippen molar-refractivity contribution >= 4 is 19.8 Å². The molecule has 10 heteroatoms. The molecule has 0 aromatic heterocycles. The Morgan fingerprint density at radius 1 is 0.419 bits per heavy atom. The molecule has 0 aromatic rings.